The zero-order valence-corrected chi connectivity index (χ0v) is 18.3. The van der Waals surface area contributed by atoms with Crippen LogP contribution >= 0.6 is 0 Å². The van der Waals surface area contributed by atoms with Crippen LogP contribution in [0.3, 0.4) is 0 Å². The molecule has 2 amide bonds. The third-order valence-corrected chi connectivity index (χ3v) is 5.66. The van der Waals surface area contributed by atoms with Gasteiger partial charge < -0.3 is 24.8 Å². The van der Waals surface area contributed by atoms with Crippen LogP contribution in [0, 0.1) is 10.8 Å². The minimum atomic E-state index is -0.695. The molecule has 8 nitrogen and oxygen atoms in total. The number of hydrogen-bond acceptors (Lipinski definition) is 6. The number of hydrogen-bond donors (Lipinski definition) is 2. The number of carbonyl (C=O) groups excluding carboxylic acids is 2. The normalized spacial score (nSPS) is 37.8. The lowest BCUT2D eigenvalue weighted by atomic mass is 9.95. The summed E-state index contributed by atoms with van der Waals surface area (Å²) in [6.45, 7) is 16.3. The van der Waals surface area contributed by atoms with Crippen molar-refractivity contribution in [2.24, 2.45) is 10.8 Å². The van der Waals surface area contributed by atoms with E-state index < -0.39 is 22.0 Å². The summed E-state index contributed by atoms with van der Waals surface area (Å²) in [7, 11) is 0. The van der Waals surface area contributed by atoms with E-state index in [1.165, 1.54) is 0 Å². The summed E-state index contributed by atoms with van der Waals surface area (Å²) in [4.78, 5) is 26.7. The van der Waals surface area contributed by atoms with E-state index >= 15 is 0 Å². The average molecular weight is 398 g/mol. The maximum atomic E-state index is 12.3. The Morgan fingerprint density at radius 1 is 0.893 bits per heavy atom. The van der Waals surface area contributed by atoms with Gasteiger partial charge in [0.05, 0.1) is 19.7 Å². The van der Waals surface area contributed by atoms with Gasteiger partial charge in [-0.2, -0.15) is 0 Å². The van der Waals surface area contributed by atoms with Crippen LogP contribution in [0.25, 0.3) is 0 Å². The smallest absolute Gasteiger partial charge is 0.225 e. The zero-order valence-electron chi connectivity index (χ0n) is 18.3. The van der Waals surface area contributed by atoms with Gasteiger partial charge in [0.1, 0.15) is 29.9 Å². The molecular formula is C20H35N3O5. The molecule has 0 saturated carbocycles. The number of nitrogens with zero attached hydrogens (tertiary/aromatic N) is 1. The molecule has 3 heterocycles. The van der Waals surface area contributed by atoms with Crippen molar-refractivity contribution in [1.82, 2.24) is 15.5 Å². The number of amides is 2. The fourth-order valence-electron chi connectivity index (χ4n) is 3.84. The largest absolute Gasteiger partial charge is 0.356 e. The van der Waals surface area contributed by atoms with Gasteiger partial charge in [0.25, 0.3) is 0 Å². The molecule has 0 aromatic carbocycles. The maximum Gasteiger partial charge on any atom is 0.225 e. The molecule has 5 atom stereocenters. The first-order chi connectivity index (χ1) is 12.7. The highest BCUT2D eigenvalue weighted by molar-refractivity contribution is 5.81. The lowest BCUT2D eigenvalue weighted by Crippen LogP contribution is -2.53. The first-order valence-electron chi connectivity index (χ1n) is 9.99. The molecule has 0 aromatic heterocycles. The lowest BCUT2D eigenvalue weighted by molar-refractivity contribution is -0.142. The van der Waals surface area contributed by atoms with Crippen molar-refractivity contribution < 1.29 is 23.8 Å². The molecular weight excluding hydrogens is 362 g/mol. The second-order valence-electron chi connectivity index (χ2n) is 10.7. The molecule has 2 N–H and O–H groups in total. The van der Waals surface area contributed by atoms with Gasteiger partial charge in [-0.05, 0) is 13.8 Å². The molecule has 0 spiro atoms. The Kier molecular flexibility index (Phi) is 5.11. The Labute approximate surface area is 167 Å². The molecule has 0 bridgehead atoms. The molecule has 0 aromatic rings. The second-order valence-corrected chi connectivity index (χ2v) is 10.7. The molecule has 28 heavy (non-hydrogen) atoms. The van der Waals surface area contributed by atoms with Crippen LogP contribution in [0.2, 0.25) is 0 Å². The Hall–Kier alpha value is -1.22. The minimum absolute atomic E-state index is 0.0321. The van der Waals surface area contributed by atoms with E-state index in [1.807, 2.05) is 55.4 Å². The molecule has 0 radical (unpaired) electrons. The van der Waals surface area contributed by atoms with Crippen molar-refractivity contribution >= 4 is 11.8 Å². The lowest BCUT2D eigenvalue weighted by Gasteiger charge is -2.33. The summed E-state index contributed by atoms with van der Waals surface area (Å²) < 4.78 is 18.6. The monoisotopic (exact) mass is 397 g/mol. The minimum Gasteiger partial charge on any atom is -0.356 e. The van der Waals surface area contributed by atoms with Crippen LogP contribution in [0.4, 0.5) is 0 Å². The summed E-state index contributed by atoms with van der Waals surface area (Å²) in [5, 5.41) is 5.99. The third kappa shape index (κ3) is 3.67. The highest BCUT2D eigenvalue weighted by atomic mass is 16.7. The van der Waals surface area contributed by atoms with E-state index in [9.17, 15) is 9.59 Å². The number of carbonyl (C=O) groups is 2. The quantitative estimate of drug-likeness (QED) is 0.741. The van der Waals surface area contributed by atoms with Gasteiger partial charge in [-0.3, -0.25) is 9.59 Å². The number of nitrogens with one attached hydrogen (secondary N) is 2. The fourth-order valence-corrected chi connectivity index (χ4v) is 3.84. The van der Waals surface area contributed by atoms with Gasteiger partial charge in [0.15, 0.2) is 0 Å². The van der Waals surface area contributed by atoms with Crippen molar-refractivity contribution in [3.05, 3.63) is 0 Å². The predicted molar refractivity (Wildman–Crippen MR) is 103 cm³/mol. The maximum absolute atomic E-state index is 12.3. The Bertz CT molecular complexity index is 625. The van der Waals surface area contributed by atoms with E-state index in [2.05, 4.69) is 15.5 Å². The van der Waals surface area contributed by atoms with E-state index in [1.54, 1.807) is 0 Å². The van der Waals surface area contributed by atoms with Gasteiger partial charge in [-0.15, -0.1) is 0 Å². The van der Waals surface area contributed by atoms with Crippen LogP contribution in [0.15, 0.2) is 0 Å². The Morgan fingerprint density at radius 3 is 1.82 bits per heavy atom. The van der Waals surface area contributed by atoms with Crippen molar-refractivity contribution in [3.8, 4) is 0 Å². The standard InChI is InChI=1S/C20H35N3O5/c1-17(2,3)13(24)21-10-19(7)15-23-12(9-26-15)27-20(8,16(23)28-19)11-22-14(25)18(4,5)6/h12,15-16H,9-11H2,1-8H3,(H,21,24)(H,22,25)/t12-,15-,16-,19+,20+/m0/s1. The summed E-state index contributed by atoms with van der Waals surface area (Å²) >= 11 is 0. The molecule has 8 heteroatoms. The highest BCUT2D eigenvalue weighted by Gasteiger charge is 2.67. The molecule has 3 fully saturated rings. The number of ether oxygens (including phenoxy) is 3. The molecule has 160 valence electrons. The topological polar surface area (TPSA) is 89.1 Å². The molecule has 3 saturated heterocycles. The van der Waals surface area contributed by atoms with E-state index in [-0.39, 0.29) is 30.5 Å². The first kappa shape index (κ1) is 21.5. The summed E-state index contributed by atoms with van der Waals surface area (Å²) in [5.74, 6) is -0.0641. The van der Waals surface area contributed by atoms with Crippen LogP contribution in [-0.4, -0.2) is 66.3 Å². The summed E-state index contributed by atoms with van der Waals surface area (Å²) in [5.41, 5.74) is -2.34. The van der Waals surface area contributed by atoms with Crippen LogP contribution in [0.1, 0.15) is 55.4 Å². The average Bonchev–Trinajstić information content (AvgIpc) is 3.17. The van der Waals surface area contributed by atoms with Crippen molar-refractivity contribution in [1.29, 1.82) is 0 Å². The predicted octanol–water partition coefficient (Wildman–Crippen LogP) is 1.20. The SMILES string of the molecule is CC(C)(C)C(=O)NC[C@@]1(C)O[C@H]2CO[C@@H]3N2[C@H]1O[C@]3(C)CNC(=O)C(C)(C)C. The van der Waals surface area contributed by atoms with Crippen LogP contribution in [-0.2, 0) is 23.8 Å². The zero-order chi connectivity index (χ0) is 21.1. The van der Waals surface area contributed by atoms with Gasteiger partial charge in [0, 0.05) is 10.8 Å². The van der Waals surface area contributed by atoms with Crippen LogP contribution in [0.5, 0.6) is 0 Å². The molecule has 3 aliphatic rings. The van der Waals surface area contributed by atoms with Crippen molar-refractivity contribution in [2.45, 2.75) is 85.3 Å². The van der Waals surface area contributed by atoms with Gasteiger partial charge >= 0.3 is 0 Å². The highest BCUT2D eigenvalue weighted by Crippen LogP contribution is 2.48. The Balaban J connectivity index is 1.71. The third-order valence-electron chi connectivity index (χ3n) is 5.66. The Morgan fingerprint density at radius 2 is 1.36 bits per heavy atom. The molecule has 0 unspecified atom stereocenters. The van der Waals surface area contributed by atoms with Crippen LogP contribution < -0.4 is 10.6 Å². The van der Waals surface area contributed by atoms with Crippen molar-refractivity contribution in [2.75, 3.05) is 19.7 Å². The number of rotatable bonds is 4. The molecule has 3 aliphatic heterocycles. The molecule has 3 rings (SSSR count). The summed E-state index contributed by atoms with van der Waals surface area (Å²) in [6.07, 6.45) is -0.878. The second kappa shape index (κ2) is 6.65. The van der Waals surface area contributed by atoms with Gasteiger partial charge in [-0.25, -0.2) is 4.90 Å². The van der Waals surface area contributed by atoms with E-state index in [0.717, 1.165) is 0 Å². The first-order valence-corrected chi connectivity index (χ1v) is 9.99. The van der Waals surface area contributed by atoms with Gasteiger partial charge in [0.2, 0.25) is 11.8 Å². The van der Waals surface area contributed by atoms with E-state index in [4.69, 9.17) is 14.2 Å². The van der Waals surface area contributed by atoms with Crippen molar-refractivity contribution in [3.63, 3.8) is 0 Å². The fraction of sp³-hybridized carbons (Fsp3) is 0.900. The summed E-state index contributed by atoms with van der Waals surface area (Å²) in [6, 6.07) is 0. The van der Waals surface area contributed by atoms with Gasteiger partial charge in [-0.1, -0.05) is 41.5 Å². The van der Waals surface area contributed by atoms with E-state index in [0.29, 0.717) is 19.7 Å². The molecule has 0 aliphatic carbocycles.